The summed E-state index contributed by atoms with van der Waals surface area (Å²) in [7, 11) is 0. The third kappa shape index (κ3) is 2.85. The SMILES string of the molecule is CCCc1nc(SC)[nH]c(=O)c1Cc1ccco1. The molecule has 0 saturated carbocycles. The average Bonchev–Trinajstić information content (AvgIpc) is 2.86. The molecule has 1 N–H and O–H groups in total. The molecule has 2 heterocycles. The van der Waals surface area contributed by atoms with Gasteiger partial charge in [-0.05, 0) is 24.8 Å². The molecule has 96 valence electrons. The van der Waals surface area contributed by atoms with Crippen LogP contribution < -0.4 is 5.56 Å². The summed E-state index contributed by atoms with van der Waals surface area (Å²) in [5, 5.41) is 0.673. The van der Waals surface area contributed by atoms with Crippen LogP contribution in [0.5, 0.6) is 0 Å². The predicted molar refractivity (Wildman–Crippen MR) is 72.1 cm³/mol. The van der Waals surface area contributed by atoms with E-state index in [0.717, 1.165) is 24.3 Å². The molecule has 0 amide bonds. The largest absolute Gasteiger partial charge is 0.469 e. The predicted octanol–water partition coefficient (Wildman–Crippen LogP) is 2.63. The Balaban J connectivity index is 2.40. The number of thioether (sulfide) groups is 1. The third-order valence-corrected chi connectivity index (χ3v) is 3.27. The second-order valence-electron chi connectivity index (χ2n) is 4.01. The number of nitrogens with one attached hydrogen (secondary N) is 1. The molecule has 0 bridgehead atoms. The topological polar surface area (TPSA) is 58.9 Å². The fourth-order valence-corrected chi connectivity index (χ4v) is 2.23. The van der Waals surface area contributed by atoms with Crippen molar-refractivity contribution in [1.29, 1.82) is 0 Å². The summed E-state index contributed by atoms with van der Waals surface area (Å²) >= 11 is 1.45. The Morgan fingerprint density at radius 2 is 2.33 bits per heavy atom. The lowest BCUT2D eigenvalue weighted by atomic mass is 10.1. The van der Waals surface area contributed by atoms with Gasteiger partial charge in [0.25, 0.3) is 5.56 Å². The zero-order chi connectivity index (χ0) is 13.0. The van der Waals surface area contributed by atoms with E-state index in [2.05, 4.69) is 16.9 Å². The first-order valence-corrected chi connectivity index (χ1v) is 7.15. The Morgan fingerprint density at radius 1 is 1.50 bits per heavy atom. The van der Waals surface area contributed by atoms with Crippen molar-refractivity contribution >= 4 is 11.8 Å². The van der Waals surface area contributed by atoms with E-state index in [9.17, 15) is 4.79 Å². The summed E-state index contributed by atoms with van der Waals surface area (Å²) in [4.78, 5) is 19.3. The van der Waals surface area contributed by atoms with Gasteiger partial charge in [0.2, 0.25) is 0 Å². The van der Waals surface area contributed by atoms with Gasteiger partial charge in [0.15, 0.2) is 5.16 Å². The van der Waals surface area contributed by atoms with E-state index in [1.54, 1.807) is 6.26 Å². The van der Waals surface area contributed by atoms with Crippen molar-refractivity contribution in [1.82, 2.24) is 9.97 Å². The summed E-state index contributed by atoms with van der Waals surface area (Å²) in [6.07, 6.45) is 5.80. The number of hydrogen-bond acceptors (Lipinski definition) is 4. The highest BCUT2D eigenvalue weighted by Gasteiger charge is 2.12. The number of aryl methyl sites for hydroxylation is 1. The van der Waals surface area contributed by atoms with Crippen molar-refractivity contribution in [3.05, 3.63) is 45.8 Å². The highest BCUT2D eigenvalue weighted by molar-refractivity contribution is 7.98. The number of rotatable bonds is 5. The van der Waals surface area contributed by atoms with E-state index >= 15 is 0 Å². The van der Waals surface area contributed by atoms with Crippen LogP contribution in [0.1, 0.15) is 30.4 Å². The smallest absolute Gasteiger partial charge is 0.255 e. The molecule has 0 atom stereocenters. The van der Waals surface area contributed by atoms with Gasteiger partial charge in [-0.25, -0.2) is 4.98 Å². The number of aromatic nitrogens is 2. The van der Waals surface area contributed by atoms with Crippen molar-refractivity contribution in [3.8, 4) is 0 Å². The standard InChI is InChI=1S/C13H16N2O2S/c1-3-5-11-10(8-9-6-4-7-17-9)12(16)15-13(14-11)18-2/h4,6-7H,3,5,8H2,1-2H3,(H,14,15,16). The molecule has 0 aliphatic heterocycles. The van der Waals surface area contributed by atoms with Crippen molar-refractivity contribution in [2.24, 2.45) is 0 Å². The van der Waals surface area contributed by atoms with Gasteiger partial charge < -0.3 is 9.40 Å². The van der Waals surface area contributed by atoms with Crippen molar-refractivity contribution in [2.75, 3.05) is 6.26 Å². The van der Waals surface area contributed by atoms with Crippen LogP contribution in [0, 0.1) is 0 Å². The van der Waals surface area contributed by atoms with E-state index in [4.69, 9.17) is 4.42 Å². The molecule has 0 saturated heterocycles. The molecule has 2 aromatic rings. The fourth-order valence-electron chi connectivity index (χ4n) is 1.83. The summed E-state index contributed by atoms with van der Waals surface area (Å²) in [5.41, 5.74) is 1.53. The molecule has 5 heteroatoms. The molecule has 0 radical (unpaired) electrons. The maximum atomic E-state index is 12.1. The first-order valence-electron chi connectivity index (χ1n) is 5.93. The molecule has 0 unspecified atom stereocenters. The minimum atomic E-state index is -0.0609. The van der Waals surface area contributed by atoms with Crippen molar-refractivity contribution < 1.29 is 4.42 Å². The molecule has 0 aliphatic carbocycles. The lowest BCUT2D eigenvalue weighted by Crippen LogP contribution is -2.19. The maximum Gasteiger partial charge on any atom is 0.255 e. The van der Waals surface area contributed by atoms with E-state index < -0.39 is 0 Å². The minimum Gasteiger partial charge on any atom is -0.469 e. The molecule has 0 aromatic carbocycles. The van der Waals surface area contributed by atoms with Gasteiger partial charge in [-0.2, -0.15) is 0 Å². The quantitative estimate of drug-likeness (QED) is 0.666. The maximum absolute atomic E-state index is 12.1. The Bertz CT molecular complexity index is 561. The van der Waals surface area contributed by atoms with Crippen LogP contribution in [0.15, 0.2) is 32.8 Å². The number of hydrogen-bond donors (Lipinski definition) is 1. The highest BCUT2D eigenvalue weighted by Crippen LogP contribution is 2.14. The van der Waals surface area contributed by atoms with E-state index in [1.807, 2.05) is 18.4 Å². The molecule has 0 aliphatic rings. The van der Waals surface area contributed by atoms with Crippen LogP contribution in [0.2, 0.25) is 0 Å². The van der Waals surface area contributed by atoms with Gasteiger partial charge in [0.05, 0.1) is 12.0 Å². The third-order valence-electron chi connectivity index (χ3n) is 2.69. The van der Waals surface area contributed by atoms with Gasteiger partial charge in [0, 0.05) is 12.0 Å². The molecule has 0 fully saturated rings. The number of nitrogens with zero attached hydrogens (tertiary/aromatic N) is 1. The van der Waals surface area contributed by atoms with Gasteiger partial charge in [0.1, 0.15) is 5.76 Å². The summed E-state index contributed by atoms with van der Waals surface area (Å²) in [6, 6.07) is 3.70. The van der Waals surface area contributed by atoms with Crippen molar-refractivity contribution in [2.45, 2.75) is 31.3 Å². The lowest BCUT2D eigenvalue weighted by molar-refractivity contribution is 0.518. The second kappa shape index (κ2) is 5.91. The Morgan fingerprint density at radius 3 is 2.94 bits per heavy atom. The zero-order valence-corrected chi connectivity index (χ0v) is 11.3. The monoisotopic (exact) mass is 264 g/mol. The van der Waals surface area contributed by atoms with Crippen LogP contribution in [-0.2, 0) is 12.8 Å². The molecule has 4 nitrogen and oxygen atoms in total. The second-order valence-corrected chi connectivity index (χ2v) is 4.80. The minimum absolute atomic E-state index is 0.0609. The molecular weight excluding hydrogens is 248 g/mol. The first kappa shape index (κ1) is 13.0. The van der Waals surface area contributed by atoms with Crippen LogP contribution in [0.3, 0.4) is 0 Å². The van der Waals surface area contributed by atoms with Crippen molar-refractivity contribution in [3.63, 3.8) is 0 Å². The molecular formula is C13H16N2O2S. The zero-order valence-electron chi connectivity index (χ0n) is 10.5. The van der Waals surface area contributed by atoms with Crippen LogP contribution in [0.25, 0.3) is 0 Å². The molecule has 2 rings (SSSR count). The molecule has 18 heavy (non-hydrogen) atoms. The molecule has 2 aromatic heterocycles. The van der Waals surface area contributed by atoms with Gasteiger partial charge in [-0.3, -0.25) is 4.79 Å². The normalized spacial score (nSPS) is 10.8. The average molecular weight is 264 g/mol. The molecule has 0 spiro atoms. The van der Waals surface area contributed by atoms with Gasteiger partial charge in [-0.1, -0.05) is 25.1 Å². The van der Waals surface area contributed by atoms with Crippen LogP contribution >= 0.6 is 11.8 Å². The number of H-pyrrole nitrogens is 1. The fraction of sp³-hybridized carbons (Fsp3) is 0.385. The van der Waals surface area contributed by atoms with Crippen LogP contribution in [-0.4, -0.2) is 16.2 Å². The van der Waals surface area contributed by atoms with Gasteiger partial charge >= 0.3 is 0 Å². The van der Waals surface area contributed by atoms with E-state index in [0.29, 0.717) is 17.1 Å². The lowest BCUT2D eigenvalue weighted by Gasteiger charge is -2.07. The summed E-state index contributed by atoms with van der Waals surface area (Å²) in [6.45, 7) is 2.08. The Labute approximate surface area is 110 Å². The summed E-state index contributed by atoms with van der Waals surface area (Å²) in [5.74, 6) is 0.788. The number of aromatic amines is 1. The Kier molecular flexibility index (Phi) is 4.25. The first-order chi connectivity index (χ1) is 8.74. The van der Waals surface area contributed by atoms with Gasteiger partial charge in [-0.15, -0.1) is 0 Å². The summed E-state index contributed by atoms with van der Waals surface area (Å²) < 4.78 is 5.30. The Hall–Kier alpha value is -1.49. The van der Waals surface area contributed by atoms with Crippen LogP contribution in [0.4, 0.5) is 0 Å². The van der Waals surface area contributed by atoms with E-state index in [-0.39, 0.29) is 5.56 Å². The number of furan rings is 1. The highest BCUT2D eigenvalue weighted by atomic mass is 32.2. The van der Waals surface area contributed by atoms with E-state index in [1.165, 1.54) is 11.8 Å².